The van der Waals surface area contributed by atoms with Gasteiger partial charge in [0.15, 0.2) is 6.10 Å². The van der Waals surface area contributed by atoms with Gasteiger partial charge in [-0.1, -0.05) is 18.2 Å². The van der Waals surface area contributed by atoms with Crippen molar-refractivity contribution in [2.45, 2.75) is 43.6 Å². The highest BCUT2D eigenvalue weighted by Crippen LogP contribution is 2.27. The van der Waals surface area contributed by atoms with Crippen molar-refractivity contribution in [2.75, 3.05) is 19.4 Å². The maximum atomic E-state index is 12.2. The van der Waals surface area contributed by atoms with Crippen LogP contribution in [0, 0.1) is 0 Å². The second-order valence-electron chi connectivity index (χ2n) is 7.09. The zero-order chi connectivity index (χ0) is 20.6. The molecular weight excluding hydrogens is 386 g/mol. The van der Waals surface area contributed by atoms with Gasteiger partial charge in [-0.25, -0.2) is 0 Å². The van der Waals surface area contributed by atoms with Crippen molar-refractivity contribution in [3.63, 3.8) is 0 Å². The number of thioether (sulfide) groups is 1. The summed E-state index contributed by atoms with van der Waals surface area (Å²) in [5.74, 6) is 0.334. The molecule has 0 saturated heterocycles. The van der Waals surface area contributed by atoms with Gasteiger partial charge in [0, 0.05) is 11.4 Å². The summed E-state index contributed by atoms with van der Waals surface area (Å²) in [6.07, 6.45) is 3.36. The number of amides is 1. The van der Waals surface area contributed by atoms with E-state index in [1.165, 1.54) is 29.3 Å². The van der Waals surface area contributed by atoms with Crippen LogP contribution in [0.3, 0.4) is 0 Å². The molecule has 1 N–H and O–H groups in total. The quantitative estimate of drug-likeness (QED) is 0.503. The number of carbonyl (C=O) groups excluding carboxylic acids is 2. The van der Waals surface area contributed by atoms with Crippen LogP contribution in [0.15, 0.2) is 47.4 Å². The number of carbonyl (C=O) groups is 2. The van der Waals surface area contributed by atoms with Crippen LogP contribution in [0.5, 0.6) is 5.75 Å². The molecule has 2 aromatic carbocycles. The summed E-state index contributed by atoms with van der Waals surface area (Å²) in [5.41, 5.74) is 3.89. The van der Waals surface area contributed by atoms with E-state index in [-0.39, 0.29) is 17.6 Å². The van der Waals surface area contributed by atoms with Crippen molar-refractivity contribution in [1.82, 2.24) is 5.32 Å². The summed E-state index contributed by atoms with van der Waals surface area (Å²) in [6, 6.07) is 14.1. The molecular formula is C23H27NO4S. The Morgan fingerprint density at radius 3 is 2.62 bits per heavy atom. The number of fused-ring (bicyclic) bond motifs is 1. The molecule has 0 spiro atoms. The Labute approximate surface area is 176 Å². The molecule has 0 radical (unpaired) electrons. The average Bonchev–Trinajstić information content (AvgIpc) is 3.20. The molecule has 1 aliphatic carbocycles. The van der Waals surface area contributed by atoms with E-state index < -0.39 is 6.10 Å². The lowest BCUT2D eigenvalue weighted by molar-refractivity contribution is -0.152. The van der Waals surface area contributed by atoms with Gasteiger partial charge in [-0.15, -0.1) is 11.8 Å². The van der Waals surface area contributed by atoms with Crippen molar-refractivity contribution in [2.24, 2.45) is 0 Å². The fourth-order valence-corrected chi connectivity index (χ4v) is 4.07. The van der Waals surface area contributed by atoms with Crippen LogP contribution in [0.2, 0.25) is 0 Å². The second-order valence-corrected chi connectivity index (χ2v) is 8.14. The van der Waals surface area contributed by atoms with Gasteiger partial charge in [-0.05, 0) is 73.6 Å². The highest BCUT2D eigenvalue weighted by atomic mass is 32.2. The molecule has 0 saturated carbocycles. The number of nitrogens with one attached hydrogen (secondary N) is 1. The lowest BCUT2D eigenvalue weighted by atomic mass is 10.1. The number of hydrogen-bond acceptors (Lipinski definition) is 5. The fourth-order valence-electron chi connectivity index (χ4n) is 3.33. The highest BCUT2D eigenvalue weighted by Gasteiger charge is 2.18. The molecule has 1 aliphatic rings. The zero-order valence-corrected chi connectivity index (χ0v) is 17.7. The zero-order valence-electron chi connectivity index (χ0n) is 16.9. The summed E-state index contributed by atoms with van der Waals surface area (Å²) >= 11 is 1.45. The van der Waals surface area contributed by atoms with Gasteiger partial charge in [0.2, 0.25) is 0 Å². The largest absolute Gasteiger partial charge is 0.497 e. The first kappa shape index (κ1) is 21.2. The topological polar surface area (TPSA) is 64.6 Å². The number of methoxy groups -OCH3 is 1. The molecule has 154 valence electrons. The molecule has 0 heterocycles. The maximum Gasteiger partial charge on any atom is 0.317 e. The van der Waals surface area contributed by atoms with Crippen molar-refractivity contribution in [3.05, 3.63) is 59.2 Å². The number of esters is 1. The Morgan fingerprint density at radius 2 is 1.86 bits per heavy atom. The van der Waals surface area contributed by atoms with Crippen LogP contribution in [0.25, 0.3) is 0 Å². The third-order valence-electron chi connectivity index (χ3n) is 4.98. The van der Waals surface area contributed by atoms with Crippen LogP contribution < -0.4 is 10.1 Å². The molecule has 3 rings (SSSR count). The lowest BCUT2D eigenvalue weighted by Gasteiger charge is -2.13. The Bertz CT molecular complexity index is 850. The Balaban J connectivity index is 1.36. The minimum atomic E-state index is -0.806. The molecule has 2 aromatic rings. The lowest BCUT2D eigenvalue weighted by Crippen LogP contribution is -2.37. The first-order chi connectivity index (χ1) is 14.0. The number of rotatable bonds is 9. The first-order valence-electron chi connectivity index (χ1n) is 9.90. The number of hydrogen-bond donors (Lipinski definition) is 1. The van der Waals surface area contributed by atoms with E-state index in [1.807, 2.05) is 24.3 Å². The van der Waals surface area contributed by atoms with Crippen LogP contribution in [-0.2, 0) is 33.6 Å². The van der Waals surface area contributed by atoms with Crippen LogP contribution in [0.1, 0.15) is 30.0 Å². The van der Waals surface area contributed by atoms with Gasteiger partial charge in [0.05, 0.1) is 12.9 Å². The van der Waals surface area contributed by atoms with Gasteiger partial charge in [-0.3, -0.25) is 9.59 Å². The minimum absolute atomic E-state index is 0.197. The SMILES string of the molecule is COc1ccc(CCNC(=O)[C@@H](C)OC(=O)CSc2ccc3c(c2)CCC3)cc1. The maximum absolute atomic E-state index is 12.2. The van der Waals surface area contributed by atoms with E-state index in [1.54, 1.807) is 14.0 Å². The van der Waals surface area contributed by atoms with Crippen LogP contribution in [-0.4, -0.2) is 37.4 Å². The molecule has 1 amide bonds. The molecule has 6 heteroatoms. The Morgan fingerprint density at radius 1 is 1.10 bits per heavy atom. The second kappa shape index (κ2) is 10.3. The fraction of sp³-hybridized carbons (Fsp3) is 0.391. The predicted octanol–water partition coefficient (Wildman–Crippen LogP) is 3.57. The van der Waals surface area contributed by atoms with E-state index in [0.717, 1.165) is 29.1 Å². The van der Waals surface area contributed by atoms with E-state index >= 15 is 0 Å². The van der Waals surface area contributed by atoms with Crippen molar-refractivity contribution in [1.29, 1.82) is 0 Å². The third kappa shape index (κ3) is 6.26. The molecule has 1 atom stereocenters. The third-order valence-corrected chi connectivity index (χ3v) is 5.94. The Kier molecular flexibility index (Phi) is 7.58. The summed E-state index contributed by atoms with van der Waals surface area (Å²) in [6.45, 7) is 2.08. The number of ether oxygens (including phenoxy) is 2. The molecule has 0 bridgehead atoms. The Hall–Kier alpha value is -2.47. The molecule has 5 nitrogen and oxygen atoms in total. The highest BCUT2D eigenvalue weighted by molar-refractivity contribution is 8.00. The van der Waals surface area contributed by atoms with Gasteiger partial charge in [0.1, 0.15) is 5.75 Å². The average molecular weight is 414 g/mol. The standard InChI is InChI=1S/C23H27NO4S/c1-16(23(26)24-13-12-17-6-9-20(27-2)10-7-17)28-22(25)15-29-21-11-8-18-4-3-5-19(18)14-21/h6-11,14,16H,3-5,12-13,15H2,1-2H3,(H,24,26)/t16-/m1/s1. The molecule has 0 aromatic heterocycles. The smallest absolute Gasteiger partial charge is 0.317 e. The molecule has 0 aliphatic heterocycles. The summed E-state index contributed by atoms with van der Waals surface area (Å²) < 4.78 is 10.4. The predicted molar refractivity (Wildman–Crippen MR) is 114 cm³/mol. The van der Waals surface area contributed by atoms with Crippen molar-refractivity contribution in [3.8, 4) is 5.75 Å². The van der Waals surface area contributed by atoms with Crippen LogP contribution >= 0.6 is 11.8 Å². The summed E-state index contributed by atoms with van der Waals surface area (Å²) in [5, 5.41) is 2.81. The van der Waals surface area contributed by atoms with Gasteiger partial charge < -0.3 is 14.8 Å². The van der Waals surface area contributed by atoms with Gasteiger partial charge >= 0.3 is 5.97 Å². The molecule has 0 fully saturated rings. The van der Waals surface area contributed by atoms with Gasteiger partial charge in [-0.2, -0.15) is 0 Å². The summed E-state index contributed by atoms with van der Waals surface area (Å²) in [4.78, 5) is 25.3. The normalized spacial score (nSPS) is 13.4. The number of benzene rings is 2. The minimum Gasteiger partial charge on any atom is -0.497 e. The van der Waals surface area contributed by atoms with E-state index in [2.05, 4.69) is 23.5 Å². The number of aryl methyl sites for hydroxylation is 2. The monoisotopic (exact) mass is 413 g/mol. The molecule has 29 heavy (non-hydrogen) atoms. The van der Waals surface area contributed by atoms with Gasteiger partial charge in [0.25, 0.3) is 5.91 Å². The van der Waals surface area contributed by atoms with E-state index in [4.69, 9.17) is 9.47 Å². The van der Waals surface area contributed by atoms with E-state index in [9.17, 15) is 9.59 Å². The molecule has 0 unspecified atom stereocenters. The van der Waals surface area contributed by atoms with Crippen LogP contribution in [0.4, 0.5) is 0 Å². The van der Waals surface area contributed by atoms with Crippen molar-refractivity contribution < 1.29 is 19.1 Å². The summed E-state index contributed by atoms with van der Waals surface area (Å²) in [7, 11) is 1.63. The van der Waals surface area contributed by atoms with E-state index in [0.29, 0.717) is 13.0 Å². The first-order valence-corrected chi connectivity index (χ1v) is 10.9. The van der Waals surface area contributed by atoms with Crippen molar-refractivity contribution >= 4 is 23.6 Å².